The first-order chi connectivity index (χ1) is 13.5. The molecule has 0 fully saturated rings. The number of carbonyl (C=O) groups excluding carboxylic acids is 3. The number of aromatic nitrogens is 1. The van der Waals surface area contributed by atoms with Gasteiger partial charge in [-0.05, 0) is 44.2 Å². The molecule has 7 nitrogen and oxygen atoms in total. The van der Waals surface area contributed by atoms with Crippen LogP contribution in [0.15, 0.2) is 47.4 Å². The van der Waals surface area contributed by atoms with Crippen LogP contribution in [0.2, 0.25) is 0 Å². The highest BCUT2D eigenvalue weighted by atomic mass is 19.4. The average molecular weight is 410 g/mol. The van der Waals surface area contributed by atoms with Gasteiger partial charge in [0.05, 0.1) is 5.56 Å². The lowest BCUT2D eigenvalue weighted by Crippen LogP contribution is -2.33. The van der Waals surface area contributed by atoms with E-state index in [0.29, 0.717) is 34.1 Å². The normalized spacial score (nSPS) is 12.2. The smallest absolute Gasteiger partial charge is 0.417 e. The second kappa shape index (κ2) is 8.72. The maximum absolute atomic E-state index is 12.7. The SMILES string of the molecule is CC(=O)c1ccc(NC(=O)C(C)OC(=O)Cn2cc(C(F)(F)F)ccc2=O)cc1. The van der Waals surface area contributed by atoms with Crippen molar-refractivity contribution in [3.8, 4) is 0 Å². The molecule has 1 aromatic heterocycles. The second-order valence-corrected chi connectivity index (χ2v) is 6.14. The van der Waals surface area contributed by atoms with Gasteiger partial charge in [0.25, 0.3) is 11.5 Å². The van der Waals surface area contributed by atoms with E-state index < -0.39 is 41.8 Å². The number of benzene rings is 1. The Morgan fingerprint density at radius 1 is 1.10 bits per heavy atom. The van der Waals surface area contributed by atoms with Gasteiger partial charge in [0.2, 0.25) is 0 Å². The summed E-state index contributed by atoms with van der Waals surface area (Å²) in [5.74, 6) is -1.89. The summed E-state index contributed by atoms with van der Waals surface area (Å²) >= 11 is 0. The lowest BCUT2D eigenvalue weighted by atomic mass is 10.1. The summed E-state index contributed by atoms with van der Waals surface area (Å²) in [6.07, 6.45) is -5.44. The Kier molecular flexibility index (Phi) is 6.57. The van der Waals surface area contributed by atoms with Gasteiger partial charge in [-0.1, -0.05) is 0 Å². The van der Waals surface area contributed by atoms with Crippen molar-refractivity contribution in [3.63, 3.8) is 0 Å². The van der Waals surface area contributed by atoms with Crippen molar-refractivity contribution in [2.45, 2.75) is 32.7 Å². The summed E-state index contributed by atoms with van der Waals surface area (Å²) in [6, 6.07) is 7.30. The molecule has 0 saturated carbocycles. The predicted octanol–water partition coefficient (Wildman–Crippen LogP) is 2.64. The lowest BCUT2D eigenvalue weighted by molar-refractivity contribution is -0.154. The molecule has 0 aliphatic heterocycles. The summed E-state index contributed by atoms with van der Waals surface area (Å²) in [5.41, 5.74) is -1.10. The minimum atomic E-state index is -4.68. The van der Waals surface area contributed by atoms with Crippen molar-refractivity contribution in [1.82, 2.24) is 4.57 Å². The molecule has 2 aromatic rings. The number of hydrogen-bond donors (Lipinski definition) is 1. The summed E-state index contributed by atoms with van der Waals surface area (Å²) in [5, 5.41) is 2.47. The van der Waals surface area contributed by atoms with Gasteiger partial charge in [-0.2, -0.15) is 13.2 Å². The molecule has 10 heteroatoms. The molecule has 1 heterocycles. The summed E-state index contributed by atoms with van der Waals surface area (Å²) in [6.45, 7) is 1.88. The van der Waals surface area contributed by atoms with Crippen LogP contribution >= 0.6 is 0 Å². The maximum atomic E-state index is 12.7. The largest absolute Gasteiger partial charge is 0.451 e. The number of anilines is 1. The number of amides is 1. The van der Waals surface area contributed by atoms with Gasteiger partial charge in [0.15, 0.2) is 11.9 Å². The van der Waals surface area contributed by atoms with Gasteiger partial charge in [-0.25, -0.2) is 0 Å². The number of pyridine rings is 1. The number of rotatable bonds is 6. The van der Waals surface area contributed by atoms with E-state index >= 15 is 0 Å². The summed E-state index contributed by atoms with van der Waals surface area (Å²) in [4.78, 5) is 46.9. The van der Waals surface area contributed by atoms with Crippen molar-refractivity contribution in [1.29, 1.82) is 0 Å². The minimum absolute atomic E-state index is 0.144. The number of halogens is 3. The zero-order chi connectivity index (χ0) is 21.8. The summed E-state index contributed by atoms with van der Waals surface area (Å²) in [7, 11) is 0. The third kappa shape index (κ3) is 6.03. The van der Waals surface area contributed by atoms with E-state index in [1.165, 1.54) is 38.1 Å². The standard InChI is InChI=1S/C19H17F3N2O5/c1-11(25)13-3-6-15(7-4-13)23-18(28)12(2)29-17(27)10-24-9-14(19(20,21)22)5-8-16(24)26/h3-9,12H,10H2,1-2H3,(H,23,28). The van der Waals surface area contributed by atoms with Gasteiger partial charge in [0.1, 0.15) is 6.54 Å². The molecule has 154 valence electrons. The molecule has 1 amide bonds. The van der Waals surface area contributed by atoms with Crippen LogP contribution in [0.4, 0.5) is 18.9 Å². The number of alkyl halides is 3. The van der Waals surface area contributed by atoms with Gasteiger partial charge in [-0.3, -0.25) is 19.2 Å². The Morgan fingerprint density at radius 3 is 2.28 bits per heavy atom. The summed E-state index contributed by atoms with van der Waals surface area (Å²) < 4.78 is 43.6. The zero-order valence-electron chi connectivity index (χ0n) is 15.4. The molecule has 1 unspecified atom stereocenters. The maximum Gasteiger partial charge on any atom is 0.417 e. The fourth-order valence-electron chi connectivity index (χ4n) is 2.28. The predicted molar refractivity (Wildman–Crippen MR) is 96.3 cm³/mol. The van der Waals surface area contributed by atoms with E-state index in [4.69, 9.17) is 4.74 Å². The van der Waals surface area contributed by atoms with Crippen molar-refractivity contribution >= 4 is 23.3 Å². The molecular formula is C19H17F3N2O5. The highest BCUT2D eigenvalue weighted by molar-refractivity contribution is 5.97. The fraction of sp³-hybridized carbons (Fsp3) is 0.263. The van der Waals surface area contributed by atoms with Gasteiger partial charge in [-0.15, -0.1) is 0 Å². The van der Waals surface area contributed by atoms with Crippen LogP contribution in [0.3, 0.4) is 0 Å². The number of hydrogen-bond acceptors (Lipinski definition) is 5. The number of nitrogens with zero attached hydrogens (tertiary/aromatic N) is 1. The van der Waals surface area contributed by atoms with E-state index in [0.717, 1.165) is 0 Å². The number of Topliss-reactive ketones (excluding diaryl/α,β-unsaturated/α-hetero) is 1. The van der Waals surface area contributed by atoms with Gasteiger partial charge in [0, 0.05) is 23.5 Å². The first-order valence-corrected chi connectivity index (χ1v) is 8.36. The van der Waals surface area contributed by atoms with Crippen LogP contribution in [-0.4, -0.2) is 28.3 Å². The first kappa shape index (κ1) is 21.9. The van der Waals surface area contributed by atoms with E-state index in [2.05, 4.69) is 5.32 Å². The molecule has 1 atom stereocenters. The number of nitrogens with one attached hydrogen (secondary N) is 1. The first-order valence-electron chi connectivity index (χ1n) is 8.36. The fourth-order valence-corrected chi connectivity index (χ4v) is 2.28. The van der Waals surface area contributed by atoms with Crippen LogP contribution in [0.25, 0.3) is 0 Å². The average Bonchev–Trinajstić information content (AvgIpc) is 2.62. The quantitative estimate of drug-likeness (QED) is 0.584. The highest BCUT2D eigenvalue weighted by Gasteiger charge is 2.31. The van der Waals surface area contributed by atoms with Crippen LogP contribution in [0, 0.1) is 0 Å². The number of ether oxygens (including phenoxy) is 1. The van der Waals surface area contributed by atoms with Crippen molar-refractivity contribution < 1.29 is 32.3 Å². The molecule has 29 heavy (non-hydrogen) atoms. The molecule has 0 aliphatic rings. The lowest BCUT2D eigenvalue weighted by Gasteiger charge is -2.15. The number of carbonyl (C=O) groups is 3. The molecule has 0 bridgehead atoms. The number of ketones is 1. The van der Waals surface area contributed by atoms with Gasteiger partial charge < -0.3 is 14.6 Å². The Hall–Kier alpha value is -3.43. The third-order valence-electron chi connectivity index (χ3n) is 3.85. The second-order valence-electron chi connectivity index (χ2n) is 6.14. The molecule has 0 spiro atoms. The Morgan fingerprint density at radius 2 is 1.72 bits per heavy atom. The molecule has 0 aliphatic carbocycles. The zero-order valence-corrected chi connectivity index (χ0v) is 15.4. The van der Waals surface area contributed by atoms with Crippen molar-refractivity contribution in [2.75, 3.05) is 5.32 Å². The van der Waals surface area contributed by atoms with Crippen molar-refractivity contribution in [2.24, 2.45) is 0 Å². The Bertz CT molecular complexity index is 981. The molecule has 0 saturated heterocycles. The Balaban J connectivity index is 1.99. The van der Waals surface area contributed by atoms with E-state index in [9.17, 15) is 32.3 Å². The molecule has 1 N–H and O–H groups in total. The van der Waals surface area contributed by atoms with E-state index in [-0.39, 0.29) is 5.78 Å². The molecule has 1 aromatic carbocycles. The van der Waals surface area contributed by atoms with Gasteiger partial charge >= 0.3 is 12.1 Å². The molecular weight excluding hydrogens is 393 g/mol. The third-order valence-corrected chi connectivity index (χ3v) is 3.85. The molecule has 0 radical (unpaired) electrons. The minimum Gasteiger partial charge on any atom is -0.451 e. The van der Waals surface area contributed by atoms with Crippen LogP contribution < -0.4 is 10.9 Å². The van der Waals surface area contributed by atoms with E-state index in [1.54, 1.807) is 0 Å². The highest BCUT2D eigenvalue weighted by Crippen LogP contribution is 2.28. The topological polar surface area (TPSA) is 94.5 Å². The monoisotopic (exact) mass is 410 g/mol. The van der Waals surface area contributed by atoms with Crippen LogP contribution in [-0.2, 0) is 27.0 Å². The number of esters is 1. The van der Waals surface area contributed by atoms with Crippen LogP contribution in [0.1, 0.15) is 29.8 Å². The van der Waals surface area contributed by atoms with Crippen molar-refractivity contribution in [3.05, 3.63) is 64.1 Å². The van der Waals surface area contributed by atoms with E-state index in [1.807, 2.05) is 0 Å². The molecule has 2 rings (SSSR count). The Labute approximate surface area is 163 Å². The van der Waals surface area contributed by atoms with Crippen LogP contribution in [0.5, 0.6) is 0 Å².